The molecule has 3 rings (SSSR count). The number of halogens is 1. The van der Waals surface area contributed by atoms with Gasteiger partial charge in [-0.05, 0) is 37.3 Å². The number of fused-ring (bicyclic) bond motifs is 4. The van der Waals surface area contributed by atoms with Crippen LogP contribution in [0.3, 0.4) is 0 Å². The lowest BCUT2D eigenvalue weighted by atomic mass is 9.79. The fourth-order valence-electron chi connectivity index (χ4n) is 2.97. The van der Waals surface area contributed by atoms with Crippen molar-refractivity contribution >= 4 is 39.2 Å². The minimum absolute atomic E-state index is 0.00405. The van der Waals surface area contributed by atoms with Crippen LogP contribution < -0.4 is 15.4 Å². The zero-order valence-corrected chi connectivity index (χ0v) is 14.3. The minimum atomic E-state index is -0.852. The van der Waals surface area contributed by atoms with Crippen LogP contribution in [-0.4, -0.2) is 35.7 Å². The summed E-state index contributed by atoms with van der Waals surface area (Å²) in [6.07, 6.45) is 0. The average molecular weight is 370 g/mol. The number of ether oxygens (including phenoxy) is 1. The van der Waals surface area contributed by atoms with Crippen LogP contribution in [0.15, 0.2) is 22.7 Å². The van der Waals surface area contributed by atoms with Crippen molar-refractivity contribution in [2.24, 2.45) is 5.92 Å². The highest BCUT2D eigenvalue weighted by molar-refractivity contribution is 9.10. The Morgan fingerprint density at radius 3 is 2.86 bits per heavy atom. The standard InChI is InChI=1S/C14H16BrN3O2S/c1-14-10(12(19)18(2)3)11(16-13(21)17-14)8-6-7(15)4-5-9(8)20-14/h4-6,10-11H,1-3H3,(H2,16,17,21)/t10-,11-,14-/m0/s1. The molecule has 1 amide bonds. The Hall–Kier alpha value is -1.34. The number of nitrogens with one attached hydrogen (secondary N) is 2. The summed E-state index contributed by atoms with van der Waals surface area (Å²) in [6, 6.07) is 5.58. The normalized spacial score (nSPS) is 29.6. The molecule has 1 saturated heterocycles. The zero-order chi connectivity index (χ0) is 15.4. The first-order valence-corrected chi connectivity index (χ1v) is 7.80. The molecule has 2 aliphatic rings. The van der Waals surface area contributed by atoms with Crippen LogP contribution in [0.25, 0.3) is 0 Å². The van der Waals surface area contributed by atoms with E-state index in [9.17, 15) is 4.79 Å². The van der Waals surface area contributed by atoms with Gasteiger partial charge < -0.3 is 20.3 Å². The van der Waals surface area contributed by atoms with Crippen molar-refractivity contribution in [2.75, 3.05) is 14.1 Å². The van der Waals surface area contributed by atoms with Crippen LogP contribution in [0.5, 0.6) is 5.75 Å². The molecule has 1 aromatic rings. The molecule has 3 atom stereocenters. The van der Waals surface area contributed by atoms with Crippen molar-refractivity contribution in [1.82, 2.24) is 15.5 Å². The lowest BCUT2D eigenvalue weighted by Crippen LogP contribution is -2.70. The van der Waals surface area contributed by atoms with Crippen LogP contribution in [0.4, 0.5) is 0 Å². The van der Waals surface area contributed by atoms with Gasteiger partial charge in [0.05, 0.1) is 6.04 Å². The molecule has 0 radical (unpaired) electrons. The predicted molar refractivity (Wildman–Crippen MR) is 87.0 cm³/mol. The fourth-order valence-corrected chi connectivity index (χ4v) is 3.68. The van der Waals surface area contributed by atoms with Gasteiger partial charge in [0.2, 0.25) is 5.91 Å². The zero-order valence-electron chi connectivity index (χ0n) is 11.9. The molecule has 2 aliphatic heterocycles. The summed E-state index contributed by atoms with van der Waals surface area (Å²) in [6.45, 7) is 1.87. The molecular weight excluding hydrogens is 354 g/mol. The Kier molecular flexibility index (Phi) is 3.37. The first-order chi connectivity index (χ1) is 9.82. The summed E-state index contributed by atoms with van der Waals surface area (Å²) in [4.78, 5) is 14.2. The van der Waals surface area contributed by atoms with Crippen LogP contribution in [0, 0.1) is 5.92 Å². The monoisotopic (exact) mass is 369 g/mol. The molecule has 5 nitrogen and oxygen atoms in total. The summed E-state index contributed by atoms with van der Waals surface area (Å²) in [5.41, 5.74) is 0.0840. The van der Waals surface area contributed by atoms with E-state index in [-0.39, 0.29) is 11.9 Å². The molecule has 21 heavy (non-hydrogen) atoms. The van der Waals surface area contributed by atoms with Gasteiger partial charge in [0, 0.05) is 24.1 Å². The van der Waals surface area contributed by atoms with Gasteiger partial charge in [0.1, 0.15) is 11.7 Å². The number of amides is 1. The van der Waals surface area contributed by atoms with Crippen LogP contribution >= 0.6 is 28.1 Å². The number of carbonyl (C=O) groups excluding carboxylic acids is 1. The highest BCUT2D eigenvalue weighted by Crippen LogP contribution is 2.46. The number of carbonyl (C=O) groups is 1. The second-order valence-corrected chi connectivity index (χ2v) is 7.00. The molecule has 2 bridgehead atoms. The molecule has 2 heterocycles. The lowest BCUT2D eigenvalue weighted by Gasteiger charge is -2.51. The summed E-state index contributed by atoms with van der Waals surface area (Å²) in [7, 11) is 3.49. The lowest BCUT2D eigenvalue weighted by molar-refractivity contribution is -0.146. The molecule has 0 unspecified atom stereocenters. The van der Waals surface area contributed by atoms with E-state index in [0.29, 0.717) is 5.11 Å². The number of nitrogens with zero attached hydrogens (tertiary/aromatic N) is 1. The first-order valence-electron chi connectivity index (χ1n) is 6.60. The molecule has 0 aliphatic carbocycles. The largest absolute Gasteiger partial charge is 0.467 e. The van der Waals surface area contributed by atoms with Crippen molar-refractivity contribution < 1.29 is 9.53 Å². The maximum Gasteiger partial charge on any atom is 0.233 e. The van der Waals surface area contributed by atoms with E-state index < -0.39 is 11.6 Å². The SMILES string of the molecule is CN(C)C(=O)[C@@H]1[C@H]2NC(=S)N[C@@]1(C)Oc1ccc(Br)cc12. The molecule has 7 heteroatoms. The molecule has 0 aromatic heterocycles. The van der Waals surface area contributed by atoms with Gasteiger partial charge in [-0.1, -0.05) is 15.9 Å². The van der Waals surface area contributed by atoms with E-state index in [2.05, 4.69) is 26.6 Å². The van der Waals surface area contributed by atoms with Crippen LogP contribution in [0.2, 0.25) is 0 Å². The minimum Gasteiger partial charge on any atom is -0.467 e. The van der Waals surface area contributed by atoms with Crippen molar-refractivity contribution in [3.63, 3.8) is 0 Å². The molecule has 2 N–H and O–H groups in total. The Labute approximate surface area is 137 Å². The highest BCUT2D eigenvalue weighted by Gasteiger charge is 2.55. The maximum atomic E-state index is 12.6. The van der Waals surface area contributed by atoms with Gasteiger partial charge in [0.25, 0.3) is 0 Å². The van der Waals surface area contributed by atoms with Crippen LogP contribution in [0.1, 0.15) is 18.5 Å². The topological polar surface area (TPSA) is 53.6 Å². The first kappa shape index (κ1) is 14.6. The number of thiocarbonyl (C=S) groups is 1. The second-order valence-electron chi connectivity index (χ2n) is 5.68. The molecule has 0 saturated carbocycles. The van der Waals surface area contributed by atoms with Gasteiger partial charge in [-0.15, -0.1) is 0 Å². The average Bonchev–Trinajstić information content (AvgIpc) is 2.37. The summed E-state index contributed by atoms with van der Waals surface area (Å²) in [5.74, 6) is 0.354. The van der Waals surface area contributed by atoms with E-state index in [1.165, 1.54) is 0 Å². The van der Waals surface area contributed by atoms with Gasteiger partial charge in [-0.25, -0.2) is 0 Å². The van der Waals surface area contributed by atoms with E-state index in [4.69, 9.17) is 17.0 Å². The van der Waals surface area contributed by atoms with Crippen LogP contribution in [-0.2, 0) is 4.79 Å². The Bertz CT molecular complexity index is 637. The van der Waals surface area contributed by atoms with E-state index >= 15 is 0 Å². The van der Waals surface area contributed by atoms with Crippen molar-refractivity contribution in [3.05, 3.63) is 28.2 Å². The molecular formula is C14H16BrN3O2S. The quantitative estimate of drug-likeness (QED) is 0.739. The fraction of sp³-hybridized carbons (Fsp3) is 0.429. The third-order valence-corrected chi connectivity index (χ3v) is 4.62. The third kappa shape index (κ3) is 2.28. The highest BCUT2D eigenvalue weighted by atomic mass is 79.9. The Morgan fingerprint density at radius 1 is 1.48 bits per heavy atom. The van der Waals surface area contributed by atoms with Gasteiger partial charge in [-0.3, -0.25) is 4.79 Å². The number of benzene rings is 1. The molecule has 0 spiro atoms. The van der Waals surface area contributed by atoms with E-state index in [1.54, 1.807) is 19.0 Å². The maximum absolute atomic E-state index is 12.6. The van der Waals surface area contributed by atoms with E-state index in [0.717, 1.165) is 15.8 Å². The van der Waals surface area contributed by atoms with Crippen molar-refractivity contribution in [2.45, 2.75) is 18.7 Å². The van der Waals surface area contributed by atoms with Gasteiger partial charge >= 0.3 is 0 Å². The third-order valence-electron chi connectivity index (χ3n) is 3.91. The van der Waals surface area contributed by atoms with E-state index in [1.807, 2.05) is 25.1 Å². The summed E-state index contributed by atoms with van der Waals surface area (Å²) < 4.78 is 7.03. The molecule has 112 valence electrons. The van der Waals surface area contributed by atoms with Crippen molar-refractivity contribution in [1.29, 1.82) is 0 Å². The van der Waals surface area contributed by atoms with Gasteiger partial charge in [0.15, 0.2) is 10.8 Å². The van der Waals surface area contributed by atoms with Gasteiger partial charge in [-0.2, -0.15) is 0 Å². The number of hydrogen-bond donors (Lipinski definition) is 2. The summed E-state index contributed by atoms with van der Waals surface area (Å²) >= 11 is 8.73. The number of rotatable bonds is 1. The molecule has 1 aromatic carbocycles. The Morgan fingerprint density at radius 2 is 2.19 bits per heavy atom. The van der Waals surface area contributed by atoms with Crippen molar-refractivity contribution in [3.8, 4) is 5.75 Å². The second kappa shape index (κ2) is 4.84. The Balaban J connectivity index is 2.15. The number of hydrogen-bond acceptors (Lipinski definition) is 3. The smallest absolute Gasteiger partial charge is 0.233 e. The predicted octanol–water partition coefficient (Wildman–Crippen LogP) is 1.78. The summed E-state index contributed by atoms with van der Waals surface area (Å²) in [5, 5.41) is 6.81. The molecule has 1 fully saturated rings.